The Morgan fingerprint density at radius 3 is 2.54 bits per heavy atom. The van der Waals surface area contributed by atoms with Crippen molar-refractivity contribution >= 4 is 39.1 Å². The lowest BCUT2D eigenvalue weighted by molar-refractivity contribution is -0.120. The number of anilines is 1. The SMILES string of the molecule is Nc1[nH]c(N=NC(=O)COc2ccc3ccccc3c2)c2ccccc12. The van der Waals surface area contributed by atoms with Crippen LogP contribution in [0.5, 0.6) is 5.75 Å². The number of azo groups is 1. The topological polar surface area (TPSA) is 92.8 Å². The second-order valence-corrected chi connectivity index (χ2v) is 5.82. The van der Waals surface area contributed by atoms with Crippen LogP contribution < -0.4 is 10.5 Å². The highest BCUT2D eigenvalue weighted by Crippen LogP contribution is 2.30. The van der Waals surface area contributed by atoms with Gasteiger partial charge in [0.15, 0.2) is 12.4 Å². The largest absolute Gasteiger partial charge is 0.484 e. The first kappa shape index (κ1) is 15.8. The van der Waals surface area contributed by atoms with Crippen molar-refractivity contribution in [2.24, 2.45) is 10.2 Å². The van der Waals surface area contributed by atoms with Gasteiger partial charge in [0.05, 0.1) is 0 Å². The summed E-state index contributed by atoms with van der Waals surface area (Å²) in [5, 5.41) is 11.5. The molecule has 0 saturated heterocycles. The minimum Gasteiger partial charge on any atom is -0.484 e. The molecular weight excluding hydrogens is 328 g/mol. The zero-order valence-electron chi connectivity index (χ0n) is 13.8. The molecule has 128 valence electrons. The lowest BCUT2D eigenvalue weighted by Gasteiger charge is -2.04. The van der Waals surface area contributed by atoms with Crippen molar-refractivity contribution in [3.63, 3.8) is 0 Å². The van der Waals surface area contributed by atoms with Gasteiger partial charge in [-0.05, 0) is 22.9 Å². The molecule has 0 fully saturated rings. The summed E-state index contributed by atoms with van der Waals surface area (Å²) < 4.78 is 5.52. The molecule has 0 atom stereocenters. The van der Waals surface area contributed by atoms with Gasteiger partial charge in [-0.25, -0.2) is 0 Å². The lowest BCUT2D eigenvalue weighted by atomic mass is 10.1. The lowest BCUT2D eigenvalue weighted by Crippen LogP contribution is -2.07. The fourth-order valence-corrected chi connectivity index (χ4v) is 2.80. The van der Waals surface area contributed by atoms with E-state index >= 15 is 0 Å². The van der Waals surface area contributed by atoms with E-state index in [1.807, 2.05) is 66.7 Å². The van der Waals surface area contributed by atoms with E-state index in [1.165, 1.54) is 0 Å². The number of nitrogens with zero attached hydrogens (tertiary/aromatic N) is 2. The molecule has 0 radical (unpaired) electrons. The van der Waals surface area contributed by atoms with Crippen LogP contribution in [-0.4, -0.2) is 17.5 Å². The second kappa shape index (κ2) is 6.68. The number of aromatic nitrogens is 1. The van der Waals surface area contributed by atoms with Gasteiger partial charge in [0.25, 0.3) is 0 Å². The Morgan fingerprint density at radius 2 is 1.69 bits per heavy atom. The van der Waals surface area contributed by atoms with Crippen LogP contribution in [0, 0.1) is 0 Å². The zero-order valence-corrected chi connectivity index (χ0v) is 13.8. The molecule has 0 unspecified atom stereocenters. The average Bonchev–Trinajstić information content (AvgIpc) is 3.01. The number of H-pyrrole nitrogens is 1. The molecule has 4 rings (SSSR count). The highest BCUT2D eigenvalue weighted by atomic mass is 16.5. The van der Waals surface area contributed by atoms with Gasteiger partial charge < -0.3 is 15.5 Å². The first-order valence-electron chi connectivity index (χ1n) is 8.13. The van der Waals surface area contributed by atoms with Gasteiger partial charge in [0, 0.05) is 10.8 Å². The van der Waals surface area contributed by atoms with E-state index in [0.29, 0.717) is 17.4 Å². The van der Waals surface area contributed by atoms with Crippen LogP contribution in [0.25, 0.3) is 21.5 Å². The van der Waals surface area contributed by atoms with E-state index in [9.17, 15) is 4.79 Å². The van der Waals surface area contributed by atoms with E-state index in [4.69, 9.17) is 10.5 Å². The van der Waals surface area contributed by atoms with Crippen molar-refractivity contribution in [3.05, 3.63) is 66.7 Å². The van der Waals surface area contributed by atoms with Crippen molar-refractivity contribution in [1.82, 2.24) is 4.98 Å². The average molecular weight is 344 g/mol. The van der Waals surface area contributed by atoms with Crippen molar-refractivity contribution in [1.29, 1.82) is 0 Å². The van der Waals surface area contributed by atoms with Gasteiger partial charge in [0.1, 0.15) is 11.6 Å². The van der Waals surface area contributed by atoms with Crippen LogP contribution in [0.15, 0.2) is 77.0 Å². The zero-order chi connectivity index (χ0) is 17.9. The molecule has 0 bridgehead atoms. The highest BCUT2D eigenvalue weighted by molar-refractivity contribution is 5.99. The third kappa shape index (κ3) is 3.12. The maximum Gasteiger partial charge on any atom is 0.302 e. The molecule has 6 nitrogen and oxygen atoms in total. The van der Waals surface area contributed by atoms with Crippen LogP contribution in [0.2, 0.25) is 0 Å². The van der Waals surface area contributed by atoms with Crippen molar-refractivity contribution in [3.8, 4) is 5.75 Å². The summed E-state index contributed by atoms with van der Waals surface area (Å²) in [5.41, 5.74) is 5.90. The number of carbonyl (C=O) groups is 1. The molecular formula is C20H16N4O2. The monoisotopic (exact) mass is 344 g/mol. The molecule has 0 aliphatic carbocycles. The van der Waals surface area contributed by atoms with E-state index in [-0.39, 0.29) is 6.61 Å². The summed E-state index contributed by atoms with van der Waals surface area (Å²) in [6, 6.07) is 21.1. The van der Waals surface area contributed by atoms with Crippen molar-refractivity contribution < 1.29 is 9.53 Å². The molecule has 6 heteroatoms. The summed E-state index contributed by atoms with van der Waals surface area (Å²) in [6.45, 7) is -0.185. The quantitative estimate of drug-likeness (QED) is 0.530. The normalized spacial score (nSPS) is 11.4. The van der Waals surface area contributed by atoms with E-state index < -0.39 is 5.91 Å². The Kier molecular flexibility index (Phi) is 4.07. The predicted molar refractivity (Wildman–Crippen MR) is 102 cm³/mol. The Bertz CT molecular complexity index is 1130. The van der Waals surface area contributed by atoms with Crippen LogP contribution >= 0.6 is 0 Å². The maximum atomic E-state index is 12.0. The first-order chi connectivity index (χ1) is 12.7. The van der Waals surface area contributed by atoms with Crippen LogP contribution in [-0.2, 0) is 4.79 Å². The second-order valence-electron chi connectivity index (χ2n) is 5.82. The molecule has 0 spiro atoms. The van der Waals surface area contributed by atoms with Gasteiger partial charge in [0.2, 0.25) is 0 Å². The third-order valence-corrected chi connectivity index (χ3v) is 4.07. The number of carbonyl (C=O) groups excluding carboxylic acids is 1. The van der Waals surface area contributed by atoms with E-state index in [0.717, 1.165) is 21.5 Å². The Morgan fingerprint density at radius 1 is 0.962 bits per heavy atom. The molecule has 1 heterocycles. The molecule has 0 aliphatic rings. The summed E-state index contributed by atoms with van der Waals surface area (Å²) in [6.07, 6.45) is 0. The first-order valence-corrected chi connectivity index (χ1v) is 8.13. The number of hydrogen-bond donors (Lipinski definition) is 2. The molecule has 26 heavy (non-hydrogen) atoms. The molecule has 4 aromatic rings. The number of rotatable bonds is 4. The van der Waals surface area contributed by atoms with Crippen LogP contribution in [0.4, 0.5) is 11.6 Å². The fourth-order valence-electron chi connectivity index (χ4n) is 2.80. The minimum atomic E-state index is -0.476. The van der Waals surface area contributed by atoms with E-state index in [1.54, 1.807) is 0 Å². The van der Waals surface area contributed by atoms with Crippen molar-refractivity contribution in [2.75, 3.05) is 12.3 Å². The molecule has 1 aromatic heterocycles. The minimum absolute atomic E-state index is 0.185. The molecule has 3 N–H and O–H groups in total. The van der Waals surface area contributed by atoms with E-state index in [2.05, 4.69) is 15.2 Å². The smallest absolute Gasteiger partial charge is 0.302 e. The number of aromatic amines is 1. The molecule has 1 amide bonds. The van der Waals surface area contributed by atoms with Crippen LogP contribution in [0.3, 0.4) is 0 Å². The van der Waals surface area contributed by atoms with Crippen molar-refractivity contribution in [2.45, 2.75) is 0 Å². The molecule has 3 aromatic carbocycles. The van der Waals surface area contributed by atoms with Gasteiger partial charge in [-0.1, -0.05) is 54.6 Å². The molecule has 0 aliphatic heterocycles. The van der Waals surface area contributed by atoms with Crippen LogP contribution in [0.1, 0.15) is 0 Å². The highest BCUT2D eigenvalue weighted by Gasteiger charge is 2.08. The summed E-state index contributed by atoms with van der Waals surface area (Å²) in [4.78, 5) is 14.9. The summed E-state index contributed by atoms with van der Waals surface area (Å²) >= 11 is 0. The third-order valence-electron chi connectivity index (χ3n) is 4.07. The van der Waals surface area contributed by atoms with Gasteiger partial charge in [-0.3, -0.25) is 4.79 Å². The number of nitrogens with one attached hydrogen (secondary N) is 1. The maximum absolute atomic E-state index is 12.0. The standard InChI is InChI=1S/C20H16N4O2/c21-19-16-7-3-4-8-17(16)20(22-19)24-23-18(25)12-26-15-10-9-13-5-1-2-6-14(13)11-15/h1-11,22H,12,21H2. The fraction of sp³-hybridized carbons (Fsp3) is 0.0500. The number of ether oxygens (including phenoxy) is 1. The Labute approximate surface area is 149 Å². The number of hydrogen-bond acceptors (Lipinski definition) is 4. The van der Waals surface area contributed by atoms with Gasteiger partial charge in [-0.15, -0.1) is 10.2 Å². The Balaban J connectivity index is 1.45. The van der Waals surface area contributed by atoms with Gasteiger partial charge in [-0.2, -0.15) is 0 Å². The Hall–Kier alpha value is -3.67. The summed E-state index contributed by atoms with van der Waals surface area (Å²) in [5.74, 6) is 1.09. The number of nitrogen functional groups attached to an aromatic ring is 1. The number of amides is 1. The summed E-state index contributed by atoms with van der Waals surface area (Å²) in [7, 11) is 0. The number of fused-ring (bicyclic) bond motifs is 2. The molecule has 0 saturated carbocycles. The number of benzene rings is 3. The van der Waals surface area contributed by atoms with Gasteiger partial charge >= 0.3 is 5.91 Å². The number of nitrogens with two attached hydrogens (primary N) is 1. The predicted octanol–water partition coefficient (Wildman–Crippen LogP) is 4.59.